The second-order valence-corrected chi connectivity index (χ2v) is 3.85. The number of hydrogen-bond acceptors (Lipinski definition) is 3. The van der Waals surface area contributed by atoms with E-state index < -0.39 is 18.2 Å². The molecule has 0 bridgehead atoms. The van der Waals surface area contributed by atoms with E-state index in [2.05, 4.69) is 0 Å². The predicted octanol–water partition coefficient (Wildman–Crippen LogP) is 1.06. The third kappa shape index (κ3) is 1.54. The van der Waals surface area contributed by atoms with Gasteiger partial charge < -0.3 is 5.11 Å². The Hall–Kier alpha value is -1.59. The number of rotatable bonds is 1. The van der Waals surface area contributed by atoms with Gasteiger partial charge in [-0.3, -0.25) is 9.69 Å². The van der Waals surface area contributed by atoms with Crippen LogP contribution in [-0.2, 0) is 4.79 Å². The number of carbonyl (C=O) groups is 2. The Labute approximate surface area is 96.8 Å². The first kappa shape index (κ1) is 10.9. The number of anilines is 1. The molecule has 1 atom stereocenters. The molecule has 0 radical (unpaired) electrons. The molecule has 6 heteroatoms. The van der Waals surface area contributed by atoms with E-state index >= 15 is 0 Å². The van der Waals surface area contributed by atoms with Crippen molar-refractivity contribution in [3.05, 3.63) is 29.3 Å². The molecule has 1 saturated heterocycles. The minimum Gasteiger partial charge on any atom is -0.365 e. The quantitative estimate of drug-likeness (QED) is 0.747. The van der Waals surface area contributed by atoms with Crippen molar-refractivity contribution in [2.45, 2.75) is 6.23 Å². The fraction of sp³-hybridized carbons (Fsp3) is 0.200. The Bertz CT molecular complexity index is 426. The van der Waals surface area contributed by atoms with Crippen molar-refractivity contribution < 1.29 is 14.7 Å². The summed E-state index contributed by atoms with van der Waals surface area (Å²) in [6, 6.07) is 5.68. The Balaban J connectivity index is 2.38. The summed E-state index contributed by atoms with van der Waals surface area (Å²) in [7, 11) is 1.36. The number of imide groups is 1. The van der Waals surface area contributed by atoms with Crippen LogP contribution >= 0.6 is 11.6 Å². The van der Waals surface area contributed by atoms with Crippen molar-refractivity contribution in [2.24, 2.45) is 0 Å². The number of benzene rings is 1. The molecule has 84 valence electrons. The maximum atomic E-state index is 11.6. The summed E-state index contributed by atoms with van der Waals surface area (Å²) in [5.74, 6) is -0.658. The van der Waals surface area contributed by atoms with Crippen molar-refractivity contribution in [3.8, 4) is 0 Å². The molecule has 0 aromatic heterocycles. The van der Waals surface area contributed by atoms with Gasteiger partial charge in [0.05, 0.1) is 5.69 Å². The van der Waals surface area contributed by atoms with Gasteiger partial charge in [-0.15, -0.1) is 0 Å². The molecule has 1 aliphatic rings. The molecule has 1 aliphatic heterocycles. The molecule has 0 spiro atoms. The zero-order chi connectivity index (χ0) is 11.9. The van der Waals surface area contributed by atoms with Crippen LogP contribution < -0.4 is 4.90 Å². The topological polar surface area (TPSA) is 60.9 Å². The molecule has 1 aromatic carbocycles. The molecule has 5 nitrogen and oxygen atoms in total. The Morgan fingerprint density at radius 1 is 1.25 bits per heavy atom. The SMILES string of the molecule is CN1C(=O)N(c2ccc(Cl)cc2)C(=O)C1O. The summed E-state index contributed by atoms with van der Waals surface area (Å²) in [4.78, 5) is 25.1. The lowest BCUT2D eigenvalue weighted by Gasteiger charge is -2.13. The molecule has 0 aliphatic carbocycles. The highest BCUT2D eigenvalue weighted by atomic mass is 35.5. The number of nitrogens with zero attached hydrogens (tertiary/aromatic N) is 2. The van der Waals surface area contributed by atoms with E-state index in [-0.39, 0.29) is 0 Å². The number of carbonyl (C=O) groups excluding carboxylic acids is 2. The van der Waals surface area contributed by atoms with Crippen molar-refractivity contribution in [2.75, 3.05) is 11.9 Å². The lowest BCUT2D eigenvalue weighted by Crippen LogP contribution is -2.31. The van der Waals surface area contributed by atoms with E-state index in [1.54, 1.807) is 24.3 Å². The average molecular weight is 241 g/mol. The van der Waals surface area contributed by atoms with Gasteiger partial charge in [0.25, 0.3) is 5.91 Å². The van der Waals surface area contributed by atoms with Crippen LogP contribution in [0.3, 0.4) is 0 Å². The molecule has 1 unspecified atom stereocenters. The minimum absolute atomic E-state index is 0.391. The van der Waals surface area contributed by atoms with E-state index in [4.69, 9.17) is 11.6 Å². The summed E-state index contributed by atoms with van der Waals surface area (Å²) in [5, 5.41) is 9.92. The number of urea groups is 1. The normalized spacial score (nSPS) is 20.8. The molecular weight excluding hydrogens is 232 g/mol. The Morgan fingerprint density at radius 2 is 1.81 bits per heavy atom. The number of halogens is 1. The standard InChI is InChI=1S/C10H9ClN2O3/c1-12-8(14)9(15)13(10(12)16)7-4-2-6(11)3-5-7/h2-5,8,14H,1H3. The highest BCUT2D eigenvalue weighted by molar-refractivity contribution is 6.30. The lowest BCUT2D eigenvalue weighted by atomic mass is 10.3. The first-order valence-electron chi connectivity index (χ1n) is 4.57. The summed E-state index contributed by atoms with van der Waals surface area (Å²) in [6.07, 6.45) is -1.41. The fourth-order valence-electron chi connectivity index (χ4n) is 1.47. The van der Waals surface area contributed by atoms with Gasteiger partial charge >= 0.3 is 6.03 Å². The van der Waals surface area contributed by atoms with Gasteiger partial charge in [0, 0.05) is 12.1 Å². The van der Waals surface area contributed by atoms with E-state index in [9.17, 15) is 14.7 Å². The Kier molecular flexibility index (Phi) is 2.57. The first-order chi connectivity index (χ1) is 7.52. The van der Waals surface area contributed by atoms with Gasteiger partial charge in [0.1, 0.15) is 0 Å². The van der Waals surface area contributed by atoms with Crippen LogP contribution in [0.25, 0.3) is 0 Å². The van der Waals surface area contributed by atoms with Crippen LogP contribution in [0.5, 0.6) is 0 Å². The maximum Gasteiger partial charge on any atom is 0.333 e. The molecule has 1 fully saturated rings. The number of likely N-dealkylation sites (N-methyl/N-ethyl adjacent to an activating group) is 1. The van der Waals surface area contributed by atoms with Crippen molar-refractivity contribution >= 4 is 29.2 Å². The molecule has 1 aromatic rings. The van der Waals surface area contributed by atoms with Gasteiger partial charge in [-0.05, 0) is 24.3 Å². The van der Waals surface area contributed by atoms with Crippen LogP contribution in [0.1, 0.15) is 0 Å². The summed E-state index contributed by atoms with van der Waals surface area (Å²) in [6.45, 7) is 0. The molecule has 1 N–H and O–H groups in total. The van der Waals surface area contributed by atoms with E-state index in [0.29, 0.717) is 10.7 Å². The summed E-state index contributed by atoms with van der Waals surface area (Å²) < 4.78 is 0. The Morgan fingerprint density at radius 3 is 2.25 bits per heavy atom. The highest BCUT2D eigenvalue weighted by Gasteiger charge is 2.42. The van der Waals surface area contributed by atoms with Gasteiger partial charge in [-0.25, -0.2) is 9.69 Å². The molecule has 3 amide bonds. The second-order valence-electron chi connectivity index (χ2n) is 3.42. The van der Waals surface area contributed by atoms with Crippen molar-refractivity contribution in [3.63, 3.8) is 0 Å². The minimum atomic E-state index is -1.41. The average Bonchev–Trinajstić information content (AvgIpc) is 2.46. The largest absolute Gasteiger partial charge is 0.365 e. The number of hydrogen-bond donors (Lipinski definition) is 1. The molecule has 2 rings (SSSR count). The maximum absolute atomic E-state index is 11.6. The van der Waals surface area contributed by atoms with E-state index in [0.717, 1.165) is 9.80 Å². The van der Waals surface area contributed by atoms with Crippen molar-refractivity contribution in [1.29, 1.82) is 0 Å². The predicted molar refractivity (Wildman–Crippen MR) is 58.1 cm³/mol. The number of amides is 3. The van der Waals surface area contributed by atoms with Gasteiger partial charge in [0.15, 0.2) is 0 Å². The monoisotopic (exact) mass is 240 g/mol. The third-order valence-corrected chi connectivity index (χ3v) is 2.64. The molecule has 16 heavy (non-hydrogen) atoms. The van der Waals surface area contributed by atoms with E-state index in [1.807, 2.05) is 0 Å². The highest BCUT2D eigenvalue weighted by Crippen LogP contribution is 2.24. The summed E-state index contributed by atoms with van der Waals surface area (Å²) in [5.41, 5.74) is 0.391. The third-order valence-electron chi connectivity index (χ3n) is 2.39. The second kappa shape index (κ2) is 3.77. The van der Waals surface area contributed by atoms with Crippen LogP contribution in [0.4, 0.5) is 10.5 Å². The molecule has 0 saturated carbocycles. The molecule has 1 heterocycles. The van der Waals surface area contributed by atoms with E-state index in [1.165, 1.54) is 7.05 Å². The van der Waals surface area contributed by atoms with Gasteiger partial charge in [-0.1, -0.05) is 11.6 Å². The molecular formula is C10H9ClN2O3. The van der Waals surface area contributed by atoms with Crippen LogP contribution in [0.2, 0.25) is 5.02 Å². The van der Waals surface area contributed by atoms with Gasteiger partial charge in [0.2, 0.25) is 6.23 Å². The van der Waals surface area contributed by atoms with Crippen LogP contribution in [-0.4, -0.2) is 35.2 Å². The first-order valence-corrected chi connectivity index (χ1v) is 4.94. The zero-order valence-corrected chi connectivity index (χ0v) is 9.18. The summed E-state index contributed by atoms with van der Waals surface area (Å²) >= 11 is 5.70. The van der Waals surface area contributed by atoms with Crippen LogP contribution in [0.15, 0.2) is 24.3 Å². The number of aliphatic hydroxyl groups excluding tert-OH is 1. The fourth-order valence-corrected chi connectivity index (χ4v) is 1.59. The van der Waals surface area contributed by atoms with Crippen LogP contribution in [0, 0.1) is 0 Å². The lowest BCUT2D eigenvalue weighted by molar-refractivity contribution is -0.128. The smallest absolute Gasteiger partial charge is 0.333 e. The number of aliphatic hydroxyl groups is 1. The van der Waals surface area contributed by atoms with Gasteiger partial charge in [-0.2, -0.15) is 0 Å². The zero-order valence-electron chi connectivity index (χ0n) is 8.42. The van der Waals surface area contributed by atoms with Crippen molar-refractivity contribution in [1.82, 2.24) is 4.90 Å².